The van der Waals surface area contributed by atoms with Gasteiger partial charge in [-0.3, -0.25) is 0 Å². The number of alkyl halides is 3. The summed E-state index contributed by atoms with van der Waals surface area (Å²) in [5, 5.41) is 12.4. The van der Waals surface area contributed by atoms with Crippen molar-refractivity contribution in [3.63, 3.8) is 0 Å². The van der Waals surface area contributed by atoms with Crippen molar-refractivity contribution in [2.45, 2.75) is 31.5 Å². The molecule has 0 spiro atoms. The number of carboxylic acids is 1. The predicted octanol–water partition coefficient (Wildman–Crippen LogP) is 1.12. The van der Waals surface area contributed by atoms with Gasteiger partial charge in [-0.1, -0.05) is 0 Å². The van der Waals surface area contributed by atoms with Crippen LogP contribution in [0, 0.1) is 5.92 Å². The first-order chi connectivity index (χ1) is 9.17. The molecule has 1 heterocycles. The highest BCUT2D eigenvalue weighted by molar-refractivity contribution is 5.86. The van der Waals surface area contributed by atoms with Gasteiger partial charge in [-0.2, -0.15) is 13.2 Å². The number of carboxylic acid groups (broad SMARTS) is 1. The molecule has 1 aliphatic rings. The summed E-state index contributed by atoms with van der Waals surface area (Å²) in [6.45, 7) is 1.60. The molecule has 1 aliphatic heterocycles. The van der Waals surface area contributed by atoms with Crippen LogP contribution in [0.2, 0.25) is 0 Å². The Kier molecular flexibility index (Phi) is 5.21. The number of rotatable bonds is 4. The zero-order valence-corrected chi connectivity index (χ0v) is 10.9. The Hall–Kier alpha value is -1.51. The molecular formula is C11H17F3N2O4. The Morgan fingerprint density at radius 1 is 1.40 bits per heavy atom. The number of hydrogen-bond acceptors (Lipinski definition) is 3. The SMILES string of the molecule is CC(NC(=O)NCC1CCCOC1)(C(=O)O)C(F)(F)F. The monoisotopic (exact) mass is 298 g/mol. The Morgan fingerprint density at radius 2 is 2.05 bits per heavy atom. The van der Waals surface area contributed by atoms with E-state index in [1.54, 1.807) is 0 Å². The molecule has 1 saturated heterocycles. The Morgan fingerprint density at radius 3 is 2.50 bits per heavy atom. The average Bonchev–Trinajstić information content (AvgIpc) is 2.36. The molecule has 0 aromatic rings. The lowest BCUT2D eigenvalue weighted by Crippen LogP contribution is -2.63. The molecular weight excluding hydrogens is 281 g/mol. The molecule has 0 aromatic carbocycles. The summed E-state index contributed by atoms with van der Waals surface area (Å²) < 4.78 is 43.2. The number of carbonyl (C=O) groups excluding carboxylic acids is 1. The number of hydrogen-bond donors (Lipinski definition) is 3. The van der Waals surface area contributed by atoms with Gasteiger partial charge in [0.1, 0.15) is 0 Å². The zero-order chi connectivity index (χ0) is 15.4. The fourth-order valence-corrected chi connectivity index (χ4v) is 1.72. The number of ether oxygens (including phenoxy) is 1. The molecule has 0 saturated carbocycles. The van der Waals surface area contributed by atoms with Gasteiger partial charge in [0.05, 0.1) is 6.61 Å². The molecule has 3 N–H and O–H groups in total. The van der Waals surface area contributed by atoms with Crippen molar-refractivity contribution < 1.29 is 32.6 Å². The molecule has 6 nitrogen and oxygen atoms in total. The van der Waals surface area contributed by atoms with Crippen molar-refractivity contribution in [3.8, 4) is 0 Å². The van der Waals surface area contributed by atoms with Crippen LogP contribution in [-0.2, 0) is 9.53 Å². The van der Waals surface area contributed by atoms with E-state index >= 15 is 0 Å². The van der Waals surface area contributed by atoms with E-state index in [0.29, 0.717) is 20.1 Å². The maximum Gasteiger partial charge on any atom is 0.422 e. The molecule has 2 unspecified atom stereocenters. The Bertz CT molecular complexity index is 369. The summed E-state index contributed by atoms with van der Waals surface area (Å²) in [4.78, 5) is 22.2. The first-order valence-electron chi connectivity index (χ1n) is 6.10. The van der Waals surface area contributed by atoms with Gasteiger partial charge >= 0.3 is 18.2 Å². The molecule has 0 bridgehead atoms. The van der Waals surface area contributed by atoms with Crippen LogP contribution in [0.1, 0.15) is 19.8 Å². The lowest BCUT2D eigenvalue weighted by atomic mass is 10.0. The smallest absolute Gasteiger partial charge is 0.422 e. The molecule has 9 heteroatoms. The van der Waals surface area contributed by atoms with E-state index < -0.39 is 23.7 Å². The van der Waals surface area contributed by atoms with Crippen molar-refractivity contribution in [1.29, 1.82) is 0 Å². The fraction of sp³-hybridized carbons (Fsp3) is 0.818. The highest BCUT2D eigenvalue weighted by atomic mass is 19.4. The Labute approximate surface area is 113 Å². The van der Waals surface area contributed by atoms with Crippen LogP contribution in [0.4, 0.5) is 18.0 Å². The molecule has 0 aliphatic carbocycles. The van der Waals surface area contributed by atoms with Crippen LogP contribution in [-0.4, -0.2) is 48.6 Å². The molecule has 2 amide bonds. The van der Waals surface area contributed by atoms with Gasteiger partial charge in [-0.05, 0) is 25.7 Å². The molecule has 2 atom stereocenters. The highest BCUT2D eigenvalue weighted by Crippen LogP contribution is 2.30. The third-order valence-electron chi connectivity index (χ3n) is 3.16. The van der Waals surface area contributed by atoms with Crippen molar-refractivity contribution in [2.75, 3.05) is 19.8 Å². The largest absolute Gasteiger partial charge is 0.479 e. The third-order valence-corrected chi connectivity index (χ3v) is 3.16. The van der Waals surface area contributed by atoms with E-state index in [-0.39, 0.29) is 12.5 Å². The van der Waals surface area contributed by atoms with E-state index in [1.165, 1.54) is 5.32 Å². The van der Waals surface area contributed by atoms with E-state index in [2.05, 4.69) is 5.32 Å². The van der Waals surface area contributed by atoms with Gasteiger partial charge in [0.2, 0.25) is 5.54 Å². The van der Waals surface area contributed by atoms with Crippen LogP contribution >= 0.6 is 0 Å². The van der Waals surface area contributed by atoms with Crippen molar-refractivity contribution in [1.82, 2.24) is 10.6 Å². The van der Waals surface area contributed by atoms with E-state index in [4.69, 9.17) is 9.84 Å². The fourth-order valence-electron chi connectivity index (χ4n) is 1.72. The minimum absolute atomic E-state index is 0.0245. The highest BCUT2D eigenvalue weighted by Gasteiger charge is 2.58. The van der Waals surface area contributed by atoms with E-state index in [0.717, 1.165) is 12.8 Å². The quantitative estimate of drug-likeness (QED) is 0.725. The topological polar surface area (TPSA) is 87.7 Å². The second kappa shape index (κ2) is 6.29. The number of carbonyl (C=O) groups is 2. The predicted molar refractivity (Wildman–Crippen MR) is 62.2 cm³/mol. The number of nitrogens with one attached hydrogen (secondary N) is 2. The van der Waals surface area contributed by atoms with Gasteiger partial charge in [-0.15, -0.1) is 0 Å². The second-order valence-corrected chi connectivity index (χ2v) is 4.85. The maximum atomic E-state index is 12.7. The second-order valence-electron chi connectivity index (χ2n) is 4.85. The lowest BCUT2D eigenvalue weighted by Gasteiger charge is -2.29. The van der Waals surface area contributed by atoms with E-state index in [9.17, 15) is 22.8 Å². The standard InChI is InChI=1S/C11H17F3N2O4/c1-10(8(17)18,11(12,13)14)16-9(19)15-5-7-3-2-4-20-6-7/h7H,2-6H2,1H3,(H,17,18)(H2,15,16,19). The number of amides is 2. The van der Waals surface area contributed by atoms with Gasteiger partial charge in [0, 0.05) is 13.2 Å². The average molecular weight is 298 g/mol. The van der Waals surface area contributed by atoms with Crippen molar-refractivity contribution >= 4 is 12.0 Å². The molecule has 0 aromatic heterocycles. The molecule has 116 valence electrons. The zero-order valence-electron chi connectivity index (χ0n) is 10.9. The van der Waals surface area contributed by atoms with Crippen LogP contribution in [0.25, 0.3) is 0 Å². The first-order valence-corrected chi connectivity index (χ1v) is 6.10. The van der Waals surface area contributed by atoms with Crippen molar-refractivity contribution in [3.05, 3.63) is 0 Å². The number of urea groups is 1. The summed E-state index contributed by atoms with van der Waals surface area (Å²) in [7, 11) is 0. The third kappa shape index (κ3) is 3.99. The minimum Gasteiger partial charge on any atom is -0.479 e. The van der Waals surface area contributed by atoms with Crippen LogP contribution in [0.15, 0.2) is 0 Å². The molecule has 0 radical (unpaired) electrons. The normalized spacial score (nSPS) is 22.7. The summed E-state index contributed by atoms with van der Waals surface area (Å²) >= 11 is 0. The number of aliphatic carboxylic acids is 1. The van der Waals surface area contributed by atoms with Crippen LogP contribution < -0.4 is 10.6 Å². The van der Waals surface area contributed by atoms with Crippen molar-refractivity contribution in [2.24, 2.45) is 5.92 Å². The van der Waals surface area contributed by atoms with Gasteiger partial charge in [0.25, 0.3) is 0 Å². The van der Waals surface area contributed by atoms with Gasteiger partial charge < -0.3 is 20.5 Å². The maximum absolute atomic E-state index is 12.7. The minimum atomic E-state index is -5.09. The van der Waals surface area contributed by atoms with Crippen LogP contribution in [0.3, 0.4) is 0 Å². The summed E-state index contributed by atoms with van der Waals surface area (Å²) in [6, 6.07) is -1.17. The summed E-state index contributed by atoms with van der Waals surface area (Å²) in [6.07, 6.45) is -3.47. The summed E-state index contributed by atoms with van der Waals surface area (Å²) in [5.74, 6) is -2.14. The van der Waals surface area contributed by atoms with Crippen LogP contribution in [0.5, 0.6) is 0 Å². The lowest BCUT2D eigenvalue weighted by molar-refractivity contribution is -0.203. The molecule has 1 rings (SSSR count). The van der Waals surface area contributed by atoms with E-state index in [1.807, 2.05) is 0 Å². The first kappa shape index (κ1) is 16.5. The summed E-state index contributed by atoms with van der Waals surface area (Å²) in [5.41, 5.74) is -3.32. The Balaban J connectivity index is 2.52. The number of halogens is 3. The van der Waals surface area contributed by atoms with Gasteiger partial charge in [-0.25, -0.2) is 9.59 Å². The van der Waals surface area contributed by atoms with Gasteiger partial charge in [0.15, 0.2) is 0 Å². The molecule has 1 fully saturated rings. The molecule has 20 heavy (non-hydrogen) atoms.